The third-order valence-electron chi connectivity index (χ3n) is 7.75. The van der Waals surface area contributed by atoms with Crippen molar-refractivity contribution in [3.05, 3.63) is 24.3 Å². The maximum Gasteiger partial charge on any atom is 0.309 e. The first-order valence-corrected chi connectivity index (χ1v) is 9.83. The van der Waals surface area contributed by atoms with Crippen LogP contribution in [-0.2, 0) is 14.3 Å². The fraction of sp³-hybridized carbons (Fsp3) is 0.727. The Bertz CT molecular complexity index is 665. The molecule has 26 heavy (non-hydrogen) atoms. The number of aliphatic carboxylic acids is 1. The van der Waals surface area contributed by atoms with Crippen molar-refractivity contribution in [1.29, 1.82) is 0 Å². The van der Waals surface area contributed by atoms with Crippen LogP contribution in [0.2, 0.25) is 0 Å². The van der Waals surface area contributed by atoms with Crippen LogP contribution in [0.4, 0.5) is 0 Å². The molecular formula is C22H32O4. The summed E-state index contributed by atoms with van der Waals surface area (Å²) in [6.07, 6.45) is 9.30. The van der Waals surface area contributed by atoms with Gasteiger partial charge in [0.25, 0.3) is 0 Å². The Balaban J connectivity index is 2.06. The molecule has 3 aliphatic rings. The van der Waals surface area contributed by atoms with E-state index >= 15 is 0 Å². The fourth-order valence-electron chi connectivity index (χ4n) is 6.19. The van der Waals surface area contributed by atoms with E-state index in [1.807, 2.05) is 13.0 Å². The predicted octanol–water partition coefficient (Wildman–Crippen LogP) is 4.75. The molecule has 144 valence electrons. The molecule has 2 saturated carbocycles. The molecule has 0 bridgehead atoms. The molecule has 0 unspecified atom stereocenters. The molecule has 3 rings (SSSR count). The molecule has 0 spiro atoms. The van der Waals surface area contributed by atoms with Crippen molar-refractivity contribution in [2.75, 3.05) is 0 Å². The van der Waals surface area contributed by atoms with Crippen LogP contribution in [0.25, 0.3) is 0 Å². The molecule has 0 aromatic rings. The Morgan fingerprint density at radius 1 is 1.27 bits per heavy atom. The maximum absolute atomic E-state index is 12.1. The van der Waals surface area contributed by atoms with Gasteiger partial charge in [0.15, 0.2) is 0 Å². The molecule has 6 atom stereocenters. The van der Waals surface area contributed by atoms with Gasteiger partial charge < -0.3 is 9.84 Å². The number of carbonyl (C=O) groups excluding carboxylic acids is 1. The number of carboxylic acid groups (broad SMARTS) is 1. The van der Waals surface area contributed by atoms with Crippen molar-refractivity contribution in [2.24, 2.45) is 28.1 Å². The Hall–Kier alpha value is -1.58. The van der Waals surface area contributed by atoms with Gasteiger partial charge in [-0.05, 0) is 62.4 Å². The molecule has 4 heteroatoms. The average molecular weight is 360 g/mol. The van der Waals surface area contributed by atoms with Gasteiger partial charge in [0.05, 0.1) is 5.41 Å². The largest absolute Gasteiger partial charge is 0.481 e. The number of rotatable bonds is 3. The summed E-state index contributed by atoms with van der Waals surface area (Å²) in [7, 11) is 0. The van der Waals surface area contributed by atoms with E-state index in [4.69, 9.17) is 4.74 Å². The minimum Gasteiger partial charge on any atom is -0.481 e. The van der Waals surface area contributed by atoms with E-state index in [0.29, 0.717) is 5.92 Å². The molecule has 0 saturated heterocycles. The first-order chi connectivity index (χ1) is 12.1. The number of allylic oxidation sites excluding steroid dienone is 1. The summed E-state index contributed by atoms with van der Waals surface area (Å²) in [5.41, 5.74) is 0.254. The minimum atomic E-state index is -0.672. The van der Waals surface area contributed by atoms with Crippen LogP contribution >= 0.6 is 0 Å². The summed E-state index contributed by atoms with van der Waals surface area (Å²) in [5.74, 6) is -0.400. The number of hydrogen-bond acceptors (Lipinski definition) is 3. The van der Waals surface area contributed by atoms with Crippen molar-refractivity contribution in [2.45, 2.75) is 72.3 Å². The minimum absolute atomic E-state index is 0.130. The number of hydrogen-bond donors (Lipinski definition) is 1. The summed E-state index contributed by atoms with van der Waals surface area (Å²) < 4.78 is 5.67. The first kappa shape index (κ1) is 19.2. The molecule has 0 aromatic heterocycles. The molecule has 4 nitrogen and oxygen atoms in total. The summed E-state index contributed by atoms with van der Waals surface area (Å²) in [6, 6.07) is 0. The van der Waals surface area contributed by atoms with Gasteiger partial charge in [0.1, 0.15) is 6.10 Å². The highest BCUT2D eigenvalue weighted by Crippen LogP contribution is 2.64. The van der Waals surface area contributed by atoms with Gasteiger partial charge in [-0.1, -0.05) is 31.9 Å². The van der Waals surface area contributed by atoms with E-state index in [2.05, 4.69) is 26.5 Å². The summed E-state index contributed by atoms with van der Waals surface area (Å²) in [4.78, 5) is 23.8. The Morgan fingerprint density at radius 3 is 2.54 bits per heavy atom. The van der Waals surface area contributed by atoms with Crippen molar-refractivity contribution in [3.63, 3.8) is 0 Å². The van der Waals surface area contributed by atoms with Crippen molar-refractivity contribution < 1.29 is 19.4 Å². The van der Waals surface area contributed by atoms with E-state index in [1.54, 1.807) is 0 Å². The van der Waals surface area contributed by atoms with Crippen LogP contribution in [0, 0.1) is 28.1 Å². The summed E-state index contributed by atoms with van der Waals surface area (Å²) in [6.45, 7) is 11.7. The second-order valence-electron chi connectivity index (χ2n) is 9.39. The monoisotopic (exact) mass is 360 g/mol. The zero-order valence-electron chi connectivity index (χ0n) is 16.5. The van der Waals surface area contributed by atoms with Gasteiger partial charge in [-0.25, -0.2) is 0 Å². The molecular weight excluding hydrogens is 328 g/mol. The maximum atomic E-state index is 12.1. The van der Waals surface area contributed by atoms with Crippen LogP contribution in [0.15, 0.2) is 24.3 Å². The van der Waals surface area contributed by atoms with Crippen molar-refractivity contribution in [1.82, 2.24) is 0 Å². The van der Waals surface area contributed by atoms with E-state index in [0.717, 1.165) is 38.5 Å². The van der Waals surface area contributed by atoms with Gasteiger partial charge >= 0.3 is 11.9 Å². The van der Waals surface area contributed by atoms with Gasteiger partial charge in [0, 0.05) is 12.3 Å². The summed E-state index contributed by atoms with van der Waals surface area (Å²) in [5, 5.41) is 9.94. The lowest BCUT2D eigenvalue weighted by Gasteiger charge is -2.58. The number of ether oxygens (including phenoxy) is 1. The van der Waals surface area contributed by atoms with E-state index < -0.39 is 11.4 Å². The van der Waals surface area contributed by atoms with Crippen LogP contribution in [-0.4, -0.2) is 23.1 Å². The van der Waals surface area contributed by atoms with E-state index in [1.165, 1.54) is 12.5 Å². The highest BCUT2D eigenvalue weighted by Gasteiger charge is 2.58. The van der Waals surface area contributed by atoms with Gasteiger partial charge in [-0.2, -0.15) is 0 Å². The Labute approximate surface area is 156 Å². The quantitative estimate of drug-likeness (QED) is 0.583. The normalized spacial score (nSPS) is 44.9. The Kier molecular flexibility index (Phi) is 4.61. The number of carboxylic acids is 1. The number of carbonyl (C=O) groups is 2. The molecule has 2 fully saturated rings. The second-order valence-corrected chi connectivity index (χ2v) is 9.39. The predicted molar refractivity (Wildman–Crippen MR) is 100 cm³/mol. The third kappa shape index (κ3) is 2.73. The van der Waals surface area contributed by atoms with Crippen molar-refractivity contribution in [3.8, 4) is 0 Å². The standard InChI is InChI=1S/C22H32O4/c1-6-20(3)13-15-8-9-17-21(4,10-7-11-22(17,5)19(24)25)16(15)12-18(20)26-14(2)23/h6,12,15,17-18H,1,7-11,13H2,2-5H3,(H,24,25)/t15-,17-,18+,20+,21-,22+/m0/s1. The molecule has 0 aromatic carbocycles. The molecule has 0 heterocycles. The van der Waals surface area contributed by atoms with Gasteiger partial charge in [-0.15, -0.1) is 6.58 Å². The van der Waals surface area contributed by atoms with Crippen molar-refractivity contribution >= 4 is 11.9 Å². The summed E-state index contributed by atoms with van der Waals surface area (Å²) >= 11 is 0. The van der Waals surface area contributed by atoms with Crippen LogP contribution in [0.1, 0.15) is 66.2 Å². The number of esters is 1. The SMILES string of the molecule is C=C[C@]1(C)C[C@@H]2CC[C@@H]3[C@](C)(C(=O)O)CCC[C@@]3(C)C2=C[C@H]1OC(C)=O. The molecule has 0 amide bonds. The lowest BCUT2D eigenvalue weighted by molar-refractivity contribution is -0.161. The van der Waals surface area contributed by atoms with Gasteiger partial charge in [0.2, 0.25) is 0 Å². The third-order valence-corrected chi connectivity index (χ3v) is 7.75. The average Bonchev–Trinajstić information content (AvgIpc) is 2.55. The van der Waals surface area contributed by atoms with E-state index in [9.17, 15) is 14.7 Å². The molecule has 0 radical (unpaired) electrons. The smallest absolute Gasteiger partial charge is 0.309 e. The second kappa shape index (κ2) is 6.24. The highest BCUT2D eigenvalue weighted by molar-refractivity contribution is 5.75. The lowest BCUT2D eigenvalue weighted by atomic mass is 9.46. The highest BCUT2D eigenvalue weighted by atomic mass is 16.5. The fourth-order valence-corrected chi connectivity index (χ4v) is 6.19. The van der Waals surface area contributed by atoms with Crippen LogP contribution < -0.4 is 0 Å². The topological polar surface area (TPSA) is 63.6 Å². The molecule has 3 aliphatic carbocycles. The zero-order valence-corrected chi connectivity index (χ0v) is 16.5. The molecule has 0 aliphatic heterocycles. The van der Waals surface area contributed by atoms with Gasteiger partial charge in [-0.3, -0.25) is 9.59 Å². The number of fused-ring (bicyclic) bond motifs is 3. The zero-order chi connectivity index (χ0) is 19.3. The van der Waals surface area contributed by atoms with Crippen LogP contribution in [0.3, 0.4) is 0 Å². The van der Waals surface area contributed by atoms with Crippen LogP contribution in [0.5, 0.6) is 0 Å². The molecule has 1 N–H and O–H groups in total. The van der Waals surface area contributed by atoms with E-state index in [-0.39, 0.29) is 28.8 Å². The Morgan fingerprint density at radius 2 is 1.96 bits per heavy atom. The lowest BCUT2D eigenvalue weighted by Crippen LogP contribution is -2.54. The first-order valence-electron chi connectivity index (χ1n) is 9.83.